The number of hydrogen-bond donors (Lipinski definition) is 1. The molecule has 1 aliphatic carbocycles. The number of nitrogens with zero attached hydrogens (tertiary/aromatic N) is 3. The Balaban J connectivity index is 1.64. The van der Waals surface area contributed by atoms with Crippen molar-refractivity contribution in [2.75, 3.05) is 43.4 Å². The monoisotopic (exact) mass is 398 g/mol. The van der Waals surface area contributed by atoms with Gasteiger partial charge in [0.1, 0.15) is 11.5 Å². The molecule has 2 fully saturated rings. The van der Waals surface area contributed by atoms with Crippen LogP contribution in [0.5, 0.6) is 0 Å². The van der Waals surface area contributed by atoms with Crippen LogP contribution in [-0.2, 0) is 0 Å². The molecule has 0 amide bonds. The number of piperazine rings is 1. The third-order valence-electron chi connectivity index (χ3n) is 6.21. The van der Waals surface area contributed by atoms with Gasteiger partial charge in [0.25, 0.3) is 5.69 Å². The predicted molar refractivity (Wildman–Crippen MR) is 113 cm³/mol. The number of hydrogen-bond acceptors (Lipinski definition) is 5. The molecule has 2 aliphatic rings. The number of likely N-dealkylation sites (N-methyl/N-ethyl adjacent to an activating group) is 1. The fourth-order valence-electron chi connectivity index (χ4n) is 4.14. The second-order valence-electron chi connectivity index (χ2n) is 8.11. The smallest absolute Gasteiger partial charge is 0.292 e. The van der Waals surface area contributed by atoms with Gasteiger partial charge in [-0.1, -0.05) is 18.6 Å². The van der Waals surface area contributed by atoms with Gasteiger partial charge in [-0.05, 0) is 55.6 Å². The van der Waals surface area contributed by atoms with Crippen molar-refractivity contribution in [2.24, 2.45) is 5.92 Å². The molecule has 1 atom stereocenters. The summed E-state index contributed by atoms with van der Waals surface area (Å²) in [6.45, 7) is 3.75. The highest BCUT2D eigenvalue weighted by atomic mass is 19.1. The first-order valence-electron chi connectivity index (χ1n) is 10.3. The van der Waals surface area contributed by atoms with Crippen molar-refractivity contribution in [1.82, 2.24) is 4.90 Å². The van der Waals surface area contributed by atoms with Crippen LogP contribution in [0.3, 0.4) is 0 Å². The number of nitro groups is 1. The topological polar surface area (TPSA) is 61.7 Å². The van der Waals surface area contributed by atoms with E-state index in [0.29, 0.717) is 11.6 Å². The van der Waals surface area contributed by atoms with Gasteiger partial charge < -0.3 is 15.1 Å². The number of rotatable bonds is 6. The summed E-state index contributed by atoms with van der Waals surface area (Å²) in [6.07, 6.45) is 3.30. The molecule has 29 heavy (non-hydrogen) atoms. The minimum absolute atomic E-state index is 0.0641. The summed E-state index contributed by atoms with van der Waals surface area (Å²) in [6, 6.07) is 11.7. The Labute approximate surface area is 170 Å². The zero-order valence-electron chi connectivity index (χ0n) is 16.7. The highest BCUT2D eigenvalue weighted by Gasteiger charge is 2.30. The Morgan fingerprint density at radius 3 is 2.38 bits per heavy atom. The van der Waals surface area contributed by atoms with E-state index >= 15 is 0 Å². The van der Waals surface area contributed by atoms with Crippen LogP contribution >= 0.6 is 0 Å². The Kier molecular flexibility index (Phi) is 5.67. The van der Waals surface area contributed by atoms with Crippen LogP contribution < -0.4 is 10.2 Å². The minimum atomic E-state index is -0.335. The first kappa shape index (κ1) is 19.6. The molecule has 6 nitrogen and oxygen atoms in total. The molecule has 2 aromatic rings. The maximum Gasteiger partial charge on any atom is 0.292 e. The van der Waals surface area contributed by atoms with Gasteiger partial charge in [-0.25, -0.2) is 4.39 Å². The van der Waals surface area contributed by atoms with E-state index in [-0.39, 0.29) is 22.5 Å². The van der Waals surface area contributed by atoms with Crippen LogP contribution in [0.2, 0.25) is 0 Å². The number of benzene rings is 2. The summed E-state index contributed by atoms with van der Waals surface area (Å²) >= 11 is 0. The van der Waals surface area contributed by atoms with Crippen molar-refractivity contribution in [3.05, 3.63) is 64.0 Å². The molecule has 154 valence electrons. The minimum Gasteiger partial charge on any atom is -0.372 e. The van der Waals surface area contributed by atoms with Crippen molar-refractivity contribution >= 4 is 17.1 Å². The second kappa shape index (κ2) is 8.37. The van der Waals surface area contributed by atoms with Gasteiger partial charge in [-0.3, -0.25) is 10.1 Å². The Bertz CT molecular complexity index is 862. The van der Waals surface area contributed by atoms with E-state index in [9.17, 15) is 14.5 Å². The molecule has 1 N–H and O–H groups in total. The molecule has 0 bridgehead atoms. The van der Waals surface area contributed by atoms with Gasteiger partial charge in [-0.2, -0.15) is 0 Å². The van der Waals surface area contributed by atoms with E-state index in [1.54, 1.807) is 18.2 Å². The molecule has 0 spiro atoms. The Morgan fingerprint density at radius 2 is 1.79 bits per heavy atom. The third-order valence-corrected chi connectivity index (χ3v) is 6.21. The van der Waals surface area contributed by atoms with Gasteiger partial charge >= 0.3 is 0 Å². The molecule has 1 saturated heterocycles. The number of anilines is 2. The SMILES string of the molecule is CN1CCN(c2ccc([N+](=O)[O-])c(NC(c3ccc(F)cc3)C3CCC3)c2)CC1. The van der Waals surface area contributed by atoms with E-state index in [0.717, 1.165) is 56.7 Å². The average molecular weight is 398 g/mol. The lowest BCUT2D eigenvalue weighted by molar-refractivity contribution is -0.384. The molecule has 0 radical (unpaired) electrons. The number of halogens is 1. The number of nitrogens with one attached hydrogen (secondary N) is 1. The molecule has 7 heteroatoms. The van der Waals surface area contributed by atoms with Crippen molar-refractivity contribution in [2.45, 2.75) is 25.3 Å². The summed E-state index contributed by atoms with van der Waals surface area (Å²) in [7, 11) is 2.10. The fraction of sp³-hybridized carbons (Fsp3) is 0.455. The van der Waals surface area contributed by atoms with E-state index in [1.165, 1.54) is 12.1 Å². The van der Waals surface area contributed by atoms with Crippen LogP contribution in [-0.4, -0.2) is 43.0 Å². The molecular formula is C22H27FN4O2. The molecule has 0 aromatic heterocycles. The standard InChI is InChI=1S/C22H27FN4O2/c1-25-11-13-26(14-12-25)19-9-10-21(27(28)29)20(15-19)24-22(16-3-2-4-16)17-5-7-18(23)8-6-17/h5-10,15-16,22,24H,2-4,11-14H2,1H3. The maximum atomic E-state index is 13.4. The summed E-state index contributed by atoms with van der Waals surface area (Å²) in [4.78, 5) is 15.9. The van der Waals surface area contributed by atoms with Crippen LogP contribution in [0, 0.1) is 21.8 Å². The lowest BCUT2D eigenvalue weighted by Crippen LogP contribution is -2.44. The lowest BCUT2D eigenvalue weighted by Gasteiger charge is -2.36. The Morgan fingerprint density at radius 1 is 1.10 bits per heavy atom. The van der Waals surface area contributed by atoms with E-state index < -0.39 is 0 Å². The number of nitro benzene ring substituents is 1. The van der Waals surface area contributed by atoms with Crippen molar-refractivity contribution in [3.63, 3.8) is 0 Å². The van der Waals surface area contributed by atoms with Crippen molar-refractivity contribution in [1.29, 1.82) is 0 Å². The molecule has 1 saturated carbocycles. The highest BCUT2D eigenvalue weighted by molar-refractivity contribution is 5.70. The summed E-state index contributed by atoms with van der Waals surface area (Å²) in [5.41, 5.74) is 2.58. The first-order chi connectivity index (χ1) is 14.0. The van der Waals surface area contributed by atoms with E-state index in [2.05, 4.69) is 22.2 Å². The molecule has 2 aromatic carbocycles. The summed E-state index contributed by atoms with van der Waals surface area (Å²) in [5, 5.41) is 15.1. The summed E-state index contributed by atoms with van der Waals surface area (Å²) in [5.74, 6) is 0.122. The first-order valence-corrected chi connectivity index (χ1v) is 10.3. The quantitative estimate of drug-likeness (QED) is 0.576. The fourth-order valence-corrected chi connectivity index (χ4v) is 4.14. The molecule has 1 unspecified atom stereocenters. The van der Waals surface area contributed by atoms with Crippen LogP contribution in [0.1, 0.15) is 30.9 Å². The molecule has 4 rings (SSSR count). The zero-order valence-corrected chi connectivity index (χ0v) is 16.7. The summed E-state index contributed by atoms with van der Waals surface area (Å²) < 4.78 is 13.4. The van der Waals surface area contributed by atoms with Crippen LogP contribution in [0.25, 0.3) is 0 Å². The Hall–Kier alpha value is -2.67. The van der Waals surface area contributed by atoms with Gasteiger partial charge in [0.05, 0.1) is 11.0 Å². The third kappa shape index (κ3) is 4.34. The average Bonchev–Trinajstić information content (AvgIpc) is 2.67. The lowest BCUT2D eigenvalue weighted by atomic mass is 9.77. The van der Waals surface area contributed by atoms with Crippen molar-refractivity contribution in [3.8, 4) is 0 Å². The largest absolute Gasteiger partial charge is 0.372 e. The van der Waals surface area contributed by atoms with E-state index in [1.807, 2.05) is 12.1 Å². The second-order valence-corrected chi connectivity index (χ2v) is 8.11. The van der Waals surface area contributed by atoms with Crippen LogP contribution in [0.4, 0.5) is 21.5 Å². The predicted octanol–water partition coefficient (Wildman–Crippen LogP) is 4.44. The molecule has 1 heterocycles. The molecular weight excluding hydrogens is 371 g/mol. The normalized spacial score (nSPS) is 18.9. The van der Waals surface area contributed by atoms with E-state index in [4.69, 9.17) is 0 Å². The highest BCUT2D eigenvalue weighted by Crippen LogP contribution is 2.42. The van der Waals surface area contributed by atoms with Crippen LogP contribution in [0.15, 0.2) is 42.5 Å². The van der Waals surface area contributed by atoms with Gasteiger partial charge in [-0.15, -0.1) is 0 Å². The van der Waals surface area contributed by atoms with Gasteiger partial charge in [0.2, 0.25) is 0 Å². The molecule has 1 aliphatic heterocycles. The zero-order chi connectivity index (χ0) is 20.4. The maximum absolute atomic E-state index is 13.4. The van der Waals surface area contributed by atoms with Crippen molar-refractivity contribution < 1.29 is 9.31 Å². The van der Waals surface area contributed by atoms with Gasteiger partial charge in [0.15, 0.2) is 0 Å². The van der Waals surface area contributed by atoms with Gasteiger partial charge in [0, 0.05) is 37.9 Å².